The van der Waals surface area contributed by atoms with Crippen molar-refractivity contribution in [2.45, 2.75) is 58.0 Å². The van der Waals surface area contributed by atoms with Crippen molar-refractivity contribution in [1.29, 1.82) is 5.26 Å². The van der Waals surface area contributed by atoms with E-state index in [1.54, 1.807) is 6.92 Å². The number of esters is 1. The van der Waals surface area contributed by atoms with Gasteiger partial charge in [-0.2, -0.15) is 5.26 Å². The van der Waals surface area contributed by atoms with Crippen molar-refractivity contribution in [3.8, 4) is 6.07 Å². The van der Waals surface area contributed by atoms with Gasteiger partial charge in [0.2, 0.25) is 0 Å². The number of fused-ring (bicyclic) bond motifs is 3. The van der Waals surface area contributed by atoms with Gasteiger partial charge in [-0.05, 0) is 38.5 Å². The molecule has 2 radical (unpaired) electrons. The van der Waals surface area contributed by atoms with Crippen LogP contribution < -0.4 is 0 Å². The van der Waals surface area contributed by atoms with Crippen LogP contribution in [0.2, 0.25) is 0 Å². The Balaban J connectivity index is 1.96. The Bertz CT molecular complexity index is 470. The molecule has 0 aromatic heterocycles. The summed E-state index contributed by atoms with van der Waals surface area (Å²) in [7, 11) is 0. The van der Waals surface area contributed by atoms with E-state index in [0.717, 1.165) is 25.7 Å². The fourth-order valence-corrected chi connectivity index (χ4v) is 3.49. The number of carbonyl (C=O) groups is 2. The molecule has 0 amide bonds. The number of ether oxygens (including phenoxy) is 2. The van der Waals surface area contributed by atoms with Crippen LogP contribution in [0, 0.1) is 42.1 Å². The predicted molar refractivity (Wildman–Crippen MR) is 83.5 cm³/mol. The number of nitrogens with zero attached hydrogens (tertiary/aromatic N) is 1. The molecule has 4 atom stereocenters. The van der Waals surface area contributed by atoms with Gasteiger partial charge in [0.1, 0.15) is 0 Å². The third-order valence-electron chi connectivity index (χ3n) is 4.73. The first-order chi connectivity index (χ1) is 11.1. The quantitative estimate of drug-likeness (QED) is 0.643. The molecule has 126 valence electrons. The first-order valence-electron chi connectivity index (χ1n) is 8.52. The molecular weight excluding hydrogens is 294 g/mol. The maximum absolute atomic E-state index is 12.6. The highest BCUT2D eigenvalue weighted by atomic mass is 16.5. The van der Waals surface area contributed by atoms with Crippen molar-refractivity contribution in [2.75, 3.05) is 6.61 Å². The average Bonchev–Trinajstić information content (AvgIpc) is 2.58. The van der Waals surface area contributed by atoms with Gasteiger partial charge in [0.15, 0.2) is 11.9 Å². The maximum Gasteiger partial charge on any atom is 0.309 e. The molecule has 3 fully saturated rings. The van der Waals surface area contributed by atoms with E-state index >= 15 is 0 Å². The van der Waals surface area contributed by atoms with Crippen LogP contribution in [0.25, 0.3) is 0 Å². The Hall–Kier alpha value is -1.41. The molecule has 2 aliphatic heterocycles. The summed E-state index contributed by atoms with van der Waals surface area (Å²) in [5.41, 5.74) is 0. The lowest BCUT2D eigenvalue weighted by Gasteiger charge is -2.43. The van der Waals surface area contributed by atoms with Crippen LogP contribution in [0.5, 0.6) is 0 Å². The first-order valence-corrected chi connectivity index (χ1v) is 8.52. The molecule has 2 saturated heterocycles. The van der Waals surface area contributed by atoms with Crippen molar-refractivity contribution < 1.29 is 19.1 Å². The number of unbranched alkanes of at least 4 members (excludes halogenated alkanes) is 1. The molecule has 5 nitrogen and oxygen atoms in total. The molecule has 0 aromatic carbocycles. The molecule has 0 N–H and O–H groups in total. The van der Waals surface area contributed by atoms with E-state index in [1.165, 1.54) is 0 Å². The van der Waals surface area contributed by atoms with Crippen molar-refractivity contribution in [1.82, 2.24) is 0 Å². The summed E-state index contributed by atoms with van der Waals surface area (Å²) in [4.78, 5) is 24.6. The van der Waals surface area contributed by atoms with Crippen LogP contribution >= 0.6 is 0 Å². The molecule has 2 heterocycles. The van der Waals surface area contributed by atoms with E-state index < -0.39 is 5.92 Å². The van der Waals surface area contributed by atoms with Gasteiger partial charge in [0.25, 0.3) is 0 Å². The molecule has 1 saturated carbocycles. The predicted octanol–water partition coefficient (Wildman–Crippen LogP) is 3.00. The summed E-state index contributed by atoms with van der Waals surface area (Å²) in [6.45, 7) is 5.86. The van der Waals surface area contributed by atoms with Crippen molar-refractivity contribution in [2.24, 2.45) is 17.8 Å². The number of Topliss-reactive ketones (excluding diaryl/α,β-unsaturated/α-hetero) is 1. The fourth-order valence-electron chi connectivity index (χ4n) is 3.49. The second kappa shape index (κ2) is 8.44. The van der Waals surface area contributed by atoms with Crippen LogP contribution in [0.1, 0.15) is 51.9 Å². The maximum atomic E-state index is 12.6. The van der Waals surface area contributed by atoms with E-state index in [1.807, 2.05) is 0 Å². The topological polar surface area (TPSA) is 76.4 Å². The largest absolute Gasteiger partial charge is 0.466 e. The fraction of sp³-hybridized carbons (Fsp3) is 0.722. The molecule has 5 heteroatoms. The Labute approximate surface area is 138 Å². The minimum Gasteiger partial charge on any atom is -0.466 e. The lowest BCUT2D eigenvalue weighted by atomic mass is 9.72. The molecule has 23 heavy (non-hydrogen) atoms. The van der Waals surface area contributed by atoms with Crippen molar-refractivity contribution in [3.63, 3.8) is 0 Å². The van der Waals surface area contributed by atoms with E-state index in [9.17, 15) is 9.59 Å². The standard InChI is InChI=1S/C18H25NO4/c1-3-5-6-13(18(21)22-4-2)10-15(20)17-12-7-8-16(23-17)14(9-12)11-19/h12-14,16H,1,3-10H2,2H3. The highest BCUT2D eigenvalue weighted by Gasteiger charge is 2.47. The SMILES string of the molecule is [CH2]CCCC(CC(=O)[C]1OC2CCC1CC2C#N)C(=O)OCC. The zero-order chi connectivity index (χ0) is 16.8. The molecular formula is C18H25NO4. The Kier molecular flexibility index (Phi) is 6.59. The summed E-state index contributed by atoms with van der Waals surface area (Å²) in [6.07, 6.45) is 5.01. The zero-order valence-corrected chi connectivity index (χ0v) is 13.8. The highest BCUT2D eigenvalue weighted by Crippen LogP contribution is 2.45. The molecule has 1 aliphatic carbocycles. The third-order valence-corrected chi connectivity index (χ3v) is 4.73. The minimum atomic E-state index is -0.424. The van der Waals surface area contributed by atoms with E-state index in [2.05, 4.69) is 13.0 Å². The van der Waals surface area contributed by atoms with Gasteiger partial charge in [-0.25, -0.2) is 0 Å². The van der Waals surface area contributed by atoms with Crippen LogP contribution in [0.4, 0.5) is 0 Å². The van der Waals surface area contributed by atoms with E-state index in [-0.39, 0.29) is 36.1 Å². The molecule has 0 spiro atoms. The average molecular weight is 319 g/mol. The van der Waals surface area contributed by atoms with Crippen LogP contribution in [-0.4, -0.2) is 24.5 Å². The number of ketones is 1. The molecule has 3 aliphatic rings. The van der Waals surface area contributed by atoms with E-state index in [4.69, 9.17) is 14.7 Å². The normalized spacial score (nSPS) is 28.1. The smallest absolute Gasteiger partial charge is 0.309 e. The lowest BCUT2D eigenvalue weighted by molar-refractivity contribution is -0.152. The van der Waals surface area contributed by atoms with Crippen LogP contribution in [-0.2, 0) is 19.1 Å². The zero-order valence-electron chi connectivity index (χ0n) is 13.8. The molecule has 3 rings (SSSR count). The second-order valence-electron chi connectivity index (χ2n) is 6.34. The van der Waals surface area contributed by atoms with Gasteiger partial charge in [-0.15, -0.1) is 0 Å². The lowest BCUT2D eigenvalue weighted by Crippen LogP contribution is -2.45. The molecule has 4 unspecified atom stereocenters. The van der Waals surface area contributed by atoms with Gasteiger partial charge in [-0.1, -0.05) is 19.8 Å². The Morgan fingerprint density at radius 3 is 2.83 bits per heavy atom. The van der Waals surface area contributed by atoms with Crippen molar-refractivity contribution in [3.05, 3.63) is 13.0 Å². The first kappa shape index (κ1) is 17.9. The second-order valence-corrected chi connectivity index (χ2v) is 6.34. The summed E-state index contributed by atoms with van der Waals surface area (Å²) in [5.74, 6) is -0.915. The summed E-state index contributed by atoms with van der Waals surface area (Å²) < 4.78 is 10.9. The number of nitriles is 1. The third kappa shape index (κ3) is 4.32. The van der Waals surface area contributed by atoms with Gasteiger partial charge in [-0.3, -0.25) is 9.59 Å². The monoisotopic (exact) mass is 319 g/mol. The molecule has 0 aromatic rings. The Morgan fingerprint density at radius 1 is 1.48 bits per heavy atom. The number of hydrogen-bond donors (Lipinski definition) is 0. The minimum absolute atomic E-state index is 0.0350. The van der Waals surface area contributed by atoms with E-state index in [0.29, 0.717) is 25.6 Å². The van der Waals surface area contributed by atoms with Crippen molar-refractivity contribution >= 4 is 11.8 Å². The number of hydrogen-bond acceptors (Lipinski definition) is 5. The van der Waals surface area contributed by atoms with Gasteiger partial charge in [0.05, 0.1) is 30.6 Å². The Morgan fingerprint density at radius 2 is 2.26 bits per heavy atom. The number of rotatable bonds is 8. The van der Waals surface area contributed by atoms with Gasteiger partial charge < -0.3 is 9.47 Å². The number of carbonyl (C=O) groups excluding carboxylic acids is 2. The van der Waals surface area contributed by atoms with Gasteiger partial charge in [0, 0.05) is 6.42 Å². The summed E-state index contributed by atoms with van der Waals surface area (Å²) in [6, 6.07) is 2.27. The summed E-state index contributed by atoms with van der Waals surface area (Å²) >= 11 is 0. The van der Waals surface area contributed by atoms with Gasteiger partial charge >= 0.3 is 5.97 Å². The van der Waals surface area contributed by atoms with Crippen LogP contribution in [0.3, 0.4) is 0 Å². The summed E-state index contributed by atoms with van der Waals surface area (Å²) in [5, 5.41) is 9.12. The highest BCUT2D eigenvalue weighted by molar-refractivity contribution is 5.93. The van der Waals surface area contributed by atoms with Crippen LogP contribution in [0.15, 0.2) is 0 Å². The molecule has 2 bridgehead atoms.